The standard InChI is InChI=1S/C23H20N4O4/c1-30-17-6-4-5-16(11-17)14-31-20-12-15(9-10-24-20)13-25-23(29)21-26-19-8-3-2-7-18(19)22(28)27-21/h2-12H,13-14H2,1H3,(H,25,29)(H,26,27,28). The van der Waals surface area contributed by atoms with Gasteiger partial charge in [0.2, 0.25) is 5.88 Å². The van der Waals surface area contributed by atoms with Crippen LogP contribution in [-0.2, 0) is 13.2 Å². The van der Waals surface area contributed by atoms with E-state index in [1.165, 1.54) is 0 Å². The van der Waals surface area contributed by atoms with Crippen molar-refractivity contribution in [2.45, 2.75) is 13.2 Å². The molecule has 0 aliphatic carbocycles. The first-order chi connectivity index (χ1) is 15.1. The van der Waals surface area contributed by atoms with E-state index >= 15 is 0 Å². The van der Waals surface area contributed by atoms with E-state index in [2.05, 4.69) is 20.3 Å². The Bertz CT molecular complexity index is 1290. The lowest BCUT2D eigenvalue weighted by Crippen LogP contribution is -2.27. The van der Waals surface area contributed by atoms with Crippen LogP contribution in [0.15, 0.2) is 71.7 Å². The maximum absolute atomic E-state index is 12.5. The molecule has 0 spiro atoms. The second-order valence-electron chi connectivity index (χ2n) is 6.76. The maximum atomic E-state index is 12.5. The third kappa shape index (κ3) is 4.87. The molecule has 8 nitrogen and oxygen atoms in total. The average molecular weight is 416 g/mol. The van der Waals surface area contributed by atoms with E-state index in [0.29, 0.717) is 23.4 Å². The summed E-state index contributed by atoms with van der Waals surface area (Å²) in [7, 11) is 1.61. The Hall–Kier alpha value is -4.20. The van der Waals surface area contributed by atoms with Gasteiger partial charge in [-0.05, 0) is 41.5 Å². The van der Waals surface area contributed by atoms with E-state index in [9.17, 15) is 9.59 Å². The molecule has 4 aromatic rings. The zero-order valence-electron chi connectivity index (χ0n) is 16.8. The lowest BCUT2D eigenvalue weighted by atomic mass is 10.2. The van der Waals surface area contributed by atoms with Crippen molar-refractivity contribution >= 4 is 16.8 Å². The number of amides is 1. The molecule has 0 aliphatic heterocycles. The van der Waals surface area contributed by atoms with Gasteiger partial charge < -0.3 is 19.8 Å². The molecule has 1 amide bonds. The van der Waals surface area contributed by atoms with Crippen molar-refractivity contribution in [3.8, 4) is 11.6 Å². The first-order valence-electron chi connectivity index (χ1n) is 9.60. The molecule has 2 heterocycles. The largest absolute Gasteiger partial charge is 0.497 e. The zero-order valence-corrected chi connectivity index (χ0v) is 16.8. The summed E-state index contributed by atoms with van der Waals surface area (Å²) in [5, 5.41) is 3.19. The number of aromatic amines is 1. The molecule has 0 saturated heterocycles. The van der Waals surface area contributed by atoms with Crippen LogP contribution < -0.4 is 20.3 Å². The molecule has 0 atom stereocenters. The molecule has 0 fully saturated rings. The van der Waals surface area contributed by atoms with Crippen LogP contribution in [0, 0.1) is 0 Å². The molecular formula is C23H20N4O4. The number of H-pyrrole nitrogens is 1. The van der Waals surface area contributed by atoms with Crippen molar-refractivity contribution in [2.24, 2.45) is 0 Å². The Morgan fingerprint density at radius 2 is 1.94 bits per heavy atom. The number of aromatic nitrogens is 3. The number of fused-ring (bicyclic) bond motifs is 1. The van der Waals surface area contributed by atoms with Gasteiger partial charge in [-0.25, -0.2) is 9.97 Å². The van der Waals surface area contributed by atoms with Gasteiger partial charge in [-0.1, -0.05) is 24.3 Å². The molecule has 0 bridgehead atoms. The summed E-state index contributed by atoms with van der Waals surface area (Å²) in [5.74, 6) is 0.684. The fourth-order valence-corrected chi connectivity index (χ4v) is 3.02. The molecule has 2 aromatic carbocycles. The van der Waals surface area contributed by atoms with Crippen LogP contribution in [0.5, 0.6) is 11.6 Å². The first kappa shape index (κ1) is 20.1. The molecule has 0 radical (unpaired) electrons. The number of para-hydroxylation sites is 1. The minimum Gasteiger partial charge on any atom is -0.497 e. The summed E-state index contributed by atoms with van der Waals surface area (Å²) < 4.78 is 11.0. The molecular weight excluding hydrogens is 396 g/mol. The maximum Gasteiger partial charge on any atom is 0.287 e. The first-order valence-corrected chi connectivity index (χ1v) is 9.60. The number of ether oxygens (including phenoxy) is 2. The predicted octanol–water partition coefficient (Wildman–Crippen LogP) is 2.84. The number of nitrogens with one attached hydrogen (secondary N) is 2. The summed E-state index contributed by atoms with van der Waals surface area (Å²) >= 11 is 0. The van der Waals surface area contributed by atoms with Gasteiger partial charge in [0.25, 0.3) is 11.5 Å². The SMILES string of the molecule is COc1cccc(COc2cc(CNC(=O)c3nc4ccccc4c(=O)[nH]3)ccn2)c1. The van der Waals surface area contributed by atoms with Crippen LogP contribution in [-0.4, -0.2) is 28.0 Å². The molecule has 31 heavy (non-hydrogen) atoms. The highest BCUT2D eigenvalue weighted by molar-refractivity contribution is 5.92. The topological polar surface area (TPSA) is 106 Å². The number of pyridine rings is 1. The van der Waals surface area contributed by atoms with Gasteiger partial charge in [-0.3, -0.25) is 9.59 Å². The van der Waals surface area contributed by atoms with Crippen molar-refractivity contribution in [1.82, 2.24) is 20.3 Å². The average Bonchev–Trinajstić information content (AvgIpc) is 2.81. The lowest BCUT2D eigenvalue weighted by molar-refractivity contribution is 0.0940. The molecule has 2 aromatic heterocycles. The second-order valence-corrected chi connectivity index (χ2v) is 6.76. The normalized spacial score (nSPS) is 10.6. The van der Waals surface area contributed by atoms with E-state index in [1.54, 1.807) is 49.7 Å². The fourth-order valence-electron chi connectivity index (χ4n) is 3.02. The van der Waals surface area contributed by atoms with Gasteiger partial charge in [-0.2, -0.15) is 0 Å². The van der Waals surface area contributed by atoms with Gasteiger partial charge >= 0.3 is 0 Å². The van der Waals surface area contributed by atoms with Gasteiger partial charge in [0.1, 0.15) is 12.4 Å². The molecule has 0 unspecified atom stereocenters. The van der Waals surface area contributed by atoms with E-state index in [1.807, 2.05) is 24.3 Å². The van der Waals surface area contributed by atoms with Gasteiger partial charge in [0.05, 0.1) is 18.0 Å². The molecule has 4 rings (SSSR count). The Morgan fingerprint density at radius 1 is 1.06 bits per heavy atom. The molecule has 0 saturated carbocycles. The van der Waals surface area contributed by atoms with Crippen molar-refractivity contribution in [3.05, 3.63) is 94.2 Å². The van der Waals surface area contributed by atoms with Crippen molar-refractivity contribution in [2.75, 3.05) is 7.11 Å². The Morgan fingerprint density at radius 3 is 2.81 bits per heavy atom. The highest BCUT2D eigenvalue weighted by atomic mass is 16.5. The van der Waals surface area contributed by atoms with E-state index in [0.717, 1.165) is 16.9 Å². The van der Waals surface area contributed by atoms with E-state index in [-0.39, 0.29) is 17.9 Å². The van der Waals surface area contributed by atoms with Gasteiger partial charge in [0, 0.05) is 18.8 Å². The molecule has 8 heteroatoms. The quantitative estimate of drug-likeness (QED) is 0.480. The summed E-state index contributed by atoms with van der Waals surface area (Å²) in [6.45, 7) is 0.565. The number of nitrogens with zero attached hydrogens (tertiary/aromatic N) is 2. The van der Waals surface area contributed by atoms with Crippen molar-refractivity contribution < 1.29 is 14.3 Å². The number of methoxy groups -OCH3 is 1. The summed E-state index contributed by atoms with van der Waals surface area (Å²) in [6, 6.07) is 18.0. The van der Waals surface area contributed by atoms with Crippen LogP contribution in [0.3, 0.4) is 0 Å². The summed E-state index contributed by atoms with van der Waals surface area (Å²) in [4.78, 5) is 35.6. The van der Waals surface area contributed by atoms with Crippen molar-refractivity contribution in [1.29, 1.82) is 0 Å². The monoisotopic (exact) mass is 416 g/mol. The number of carbonyl (C=O) groups excluding carboxylic acids is 1. The van der Waals surface area contributed by atoms with Crippen molar-refractivity contribution in [3.63, 3.8) is 0 Å². The minimum atomic E-state index is -0.474. The summed E-state index contributed by atoms with van der Waals surface area (Å²) in [5.41, 5.74) is 1.86. The number of carbonyl (C=O) groups is 1. The van der Waals surface area contributed by atoms with Crippen LogP contribution in [0.1, 0.15) is 21.7 Å². The third-order valence-corrected chi connectivity index (χ3v) is 4.60. The van der Waals surface area contributed by atoms with Gasteiger partial charge in [-0.15, -0.1) is 0 Å². The number of hydrogen-bond acceptors (Lipinski definition) is 6. The minimum absolute atomic E-state index is 0.0349. The number of benzene rings is 2. The third-order valence-electron chi connectivity index (χ3n) is 4.60. The highest BCUT2D eigenvalue weighted by Crippen LogP contribution is 2.16. The number of rotatable bonds is 7. The number of hydrogen-bond donors (Lipinski definition) is 2. The lowest BCUT2D eigenvalue weighted by Gasteiger charge is -2.09. The van der Waals surface area contributed by atoms with Crippen LogP contribution >= 0.6 is 0 Å². The van der Waals surface area contributed by atoms with Gasteiger partial charge in [0.15, 0.2) is 5.82 Å². The van der Waals surface area contributed by atoms with Crippen LogP contribution in [0.25, 0.3) is 10.9 Å². The molecule has 156 valence electrons. The van der Waals surface area contributed by atoms with Crippen LogP contribution in [0.4, 0.5) is 0 Å². The zero-order chi connectivity index (χ0) is 21.6. The van der Waals surface area contributed by atoms with Crippen LogP contribution in [0.2, 0.25) is 0 Å². The Labute approximate surface area is 177 Å². The molecule has 2 N–H and O–H groups in total. The summed E-state index contributed by atoms with van der Waals surface area (Å²) in [6.07, 6.45) is 1.61. The van der Waals surface area contributed by atoms with E-state index in [4.69, 9.17) is 9.47 Å². The molecule has 0 aliphatic rings. The smallest absolute Gasteiger partial charge is 0.287 e. The highest BCUT2D eigenvalue weighted by Gasteiger charge is 2.11. The fraction of sp³-hybridized carbons (Fsp3) is 0.130. The second kappa shape index (κ2) is 9.08. The Balaban J connectivity index is 1.40. The Kier molecular flexibility index (Phi) is 5.89. The van der Waals surface area contributed by atoms with E-state index < -0.39 is 5.91 Å². The predicted molar refractivity (Wildman–Crippen MR) is 115 cm³/mol.